The largest absolute Gasteiger partial charge is 0.497 e. The Bertz CT molecular complexity index is 1010. The van der Waals surface area contributed by atoms with Gasteiger partial charge in [-0.3, -0.25) is 9.89 Å². The molecule has 1 aliphatic rings. The molecule has 0 spiro atoms. The smallest absolute Gasteiger partial charge is 0.272 e. The van der Waals surface area contributed by atoms with Crippen LogP contribution < -0.4 is 9.64 Å². The number of methoxy groups -OCH3 is 1. The van der Waals surface area contributed by atoms with E-state index in [2.05, 4.69) is 22.0 Å². The van der Waals surface area contributed by atoms with Crippen molar-refractivity contribution in [1.82, 2.24) is 15.1 Å². The van der Waals surface area contributed by atoms with Crippen LogP contribution in [0.1, 0.15) is 16.1 Å². The minimum Gasteiger partial charge on any atom is -0.497 e. The van der Waals surface area contributed by atoms with Crippen LogP contribution in [0, 0.1) is 6.92 Å². The van der Waals surface area contributed by atoms with Crippen molar-refractivity contribution in [3.63, 3.8) is 0 Å². The summed E-state index contributed by atoms with van der Waals surface area (Å²) < 4.78 is 5.18. The number of aromatic nitrogens is 2. The second-order valence-corrected chi connectivity index (χ2v) is 7.54. The number of nitrogens with zero attached hydrogens (tertiary/aromatic N) is 3. The van der Waals surface area contributed by atoms with Crippen molar-refractivity contribution in [2.24, 2.45) is 0 Å². The lowest BCUT2D eigenvalue weighted by molar-refractivity contribution is 0.0741. The number of amides is 1. The van der Waals surface area contributed by atoms with E-state index in [-0.39, 0.29) is 5.91 Å². The minimum atomic E-state index is -0.0280. The van der Waals surface area contributed by atoms with Crippen molar-refractivity contribution in [1.29, 1.82) is 0 Å². The van der Waals surface area contributed by atoms with Crippen LogP contribution in [0.3, 0.4) is 0 Å². The van der Waals surface area contributed by atoms with Gasteiger partial charge in [-0.15, -0.1) is 0 Å². The van der Waals surface area contributed by atoms with Gasteiger partial charge in [0.2, 0.25) is 0 Å². The highest BCUT2D eigenvalue weighted by Crippen LogP contribution is 2.26. The molecule has 1 saturated heterocycles. The van der Waals surface area contributed by atoms with E-state index < -0.39 is 0 Å². The molecule has 1 fully saturated rings. The van der Waals surface area contributed by atoms with Gasteiger partial charge in [-0.05, 0) is 55.0 Å². The van der Waals surface area contributed by atoms with Crippen LogP contribution in [-0.2, 0) is 0 Å². The SMILES string of the molecule is COc1ccc(-c2cc(C(=O)N3CCN(c4cc(Cl)ccc4C)CC3)[nH]n2)cc1. The number of hydrogen-bond donors (Lipinski definition) is 1. The minimum absolute atomic E-state index is 0.0280. The van der Waals surface area contributed by atoms with Gasteiger partial charge in [0.1, 0.15) is 11.4 Å². The molecular weight excluding hydrogens is 388 g/mol. The first-order chi connectivity index (χ1) is 14.0. The molecule has 6 nitrogen and oxygen atoms in total. The second kappa shape index (κ2) is 8.17. The number of rotatable bonds is 4. The number of benzene rings is 2. The molecule has 1 aliphatic heterocycles. The molecule has 2 aromatic carbocycles. The van der Waals surface area contributed by atoms with E-state index in [1.165, 1.54) is 5.56 Å². The predicted octanol–water partition coefficient (Wildman–Crippen LogP) is 4.01. The molecule has 0 atom stereocenters. The molecule has 150 valence electrons. The van der Waals surface area contributed by atoms with Crippen molar-refractivity contribution in [3.05, 3.63) is 64.8 Å². The van der Waals surface area contributed by atoms with E-state index >= 15 is 0 Å². The lowest BCUT2D eigenvalue weighted by atomic mass is 10.1. The molecule has 1 N–H and O–H groups in total. The van der Waals surface area contributed by atoms with Crippen LogP contribution >= 0.6 is 11.6 Å². The van der Waals surface area contributed by atoms with Crippen LogP contribution in [-0.4, -0.2) is 54.3 Å². The first-order valence-corrected chi connectivity index (χ1v) is 9.93. The van der Waals surface area contributed by atoms with Gasteiger partial charge in [0.05, 0.1) is 12.8 Å². The van der Waals surface area contributed by atoms with Gasteiger partial charge in [0, 0.05) is 42.5 Å². The van der Waals surface area contributed by atoms with Crippen LogP contribution in [0.25, 0.3) is 11.3 Å². The summed E-state index contributed by atoms with van der Waals surface area (Å²) in [5.74, 6) is 0.758. The van der Waals surface area contributed by atoms with Crippen LogP contribution in [0.15, 0.2) is 48.5 Å². The van der Waals surface area contributed by atoms with E-state index in [4.69, 9.17) is 16.3 Å². The normalized spacial score (nSPS) is 14.2. The molecule has 3 aromatic rings. The average molecular weight is 411 g/mol. The van der Waals surface area contributed by atoms with Crippen molar-refractivity contribution in [3.8, 4) is 17.0 Å². The van der Waals surface area contributed by atoms with E-state index in [1.54, 1.807) is 13.2 Å². The van der Waals surface area contributed by atoms with Crippen molar-refractivity contribution >= 4 is 23.2 Å². The summed E-state index contributed by atoms with van der Waals surface area (Å²) in [4.78, 5) is 17.0. The number of hydrogen-bond acceptors (Lipinski definition) is 4. The first-order valence-electron chi connectivity index (χ1n) is 9.55. The fourth-order valence-electron chi connectivity index (χ4n) is 3.58. The van der Waals surface area contributed by atoms with Gasteiger partial charge >= 0.3 is 0 Å². The Balaban J connectivity index is 1.42. The molecule has 0 unspecified atom stereocenters. The Morgan fingerprint density at radius 2 is 1.79 bits per heavy atom. The Labute approximate surface area is 175 Å². The highest BCUT2D eigenvalue weighted by atomic mass is 35.5. The molecule has 4 rings (SSSR count). The molecule has 7 heteroatoms. The van der Waals surface area contributed by atoms with E-state index in [0.29, 0.717) is 18.8 Å². The summed E-state index contributed by atoms with van der Waals surface area (Å²) in [5, 5.41) is 7.92. The molecule has 0 bridgehead atoms. The van der Waals surface area contributed by atoms with Gasteiger partial charge in [-0.25, -0.2) is 0 Å². The van der Waals surface area contributed by atoms with E-state index in [1.807, 2.05) is 47.4 Å². The molecule has 0 saturated carbocycles. The van der Waals surface area contributed by atoms with E-state index in [0.717, 1.165) is 40.8 Å². The molecular formula is C22H23ClN4O2. The van der Waals surface area contributed by atoms with Crippen LogP contribution in [0.4, 0.5) is 5.69 Å². The Morgan fingerprint density at radius 1 is 1.07 bits per heavy atom. The number of carbonyl (C=O) groups is 1. The predicted molar refractivity (Wildman–Crippen MR) is 115 cm³/mol. The number of halogens is 1. The fourth-order valence-corrected chi connectivity index (χ4v) is 3.75. The van der Waals surface area contributed by atoms with Gasteiger partial charge in [0.15, 0.2) is 0 Å². The number of nitrogens with one attached hydrogen (secondary N) is 1. The molecule has 29 heavy (non-hydrogen) atoms. The van der Waals surface area contributed by atoms with Crippen molar-refractivity contribution in [2.75, 3.05) is 38.2 Å². The summed E-state index contributed by atoms with van der Waals surface area (Å²) in [6, 6.07) is 15.3. The maximum Gasteiger partial charge on any atom is 0.272 e. The number of aromatic amines is 1. The molecule has 0 aliphatic carbocycles. The summed E-state index contributed by atoms with van der Waals surface area (Å²) in [5.41, 5.74) is 4.49. The number of carbonyl (C=O) groups excluding carboxylic acids is 1. The van der Waals surface area contributed by atoms with Crippen LogP contribution in [0.5, 0.6) is 5.75 Å². The second-order valence-electron chi connectivity index (χ2n) is 7.11. The molecule has 1 amide bonds. The molecule has 1 aromatic heterocycles. The Morgan fingerprint density at radius 3 is 2.48 bits per heavy atom. The van der Waals surface area contributed by atoms with Gasteiger partial charge in [-0.1, -0.05) is 17.7 Å². The highest BCUT2D eigenvalue weighted by molar-refractivity contribution is 6.30. The zero-order chi connectivity index (χ0) is 20.4. The van der Waals surface area contributed by atoms with E-state index in [9.17, 15) is 4.79 Å². The lowest BCUT2D eigenvalue weighted by Gasteiger charge is -2.36. The average Bonchev–Trinajstić information content (AvgIpc) is 3.25. The number of H-pyrrole nitrogens is 1. The quantitative estimate of drug-likeness (QED) is 0.706. The third-order valence-corrected chi connectivity index (χ3v) is 5.51. The van der Waals surface area contributed by atoms with Gasteiger partial charge < -0.3 is 14.5 Å². The fraction of sp³-hybridized carbons (Fsp3) is 0.273. The summed E-state index contributed by atoms with van der Waals surface area (Å²) >= 11 is 6.16. The van der Waals surface area contributed by atoms with Gasteiger partial charge in [-0.2, -0.15) is 5.10 Å². The number of ether oxygens (including phenoxy) is 1. The maximum atomic E-state index is 12.9. The highest BCUT2D eigenvalue weighted by Gasteiger charge is 2.24. The zero-order valence-corrected chi connectivity index (χ0v) is 17.2. The number of piperazine rings is 1. The maximum absolute atomic E-state index is 12.9. The Hall–Kier alpha value is -2.99. The third-order valence-electron chi connectivity index (χ3n) is 5.27. The Kier molecular flexibility index (Phi) is 5.45. The topological polar surface area (TPSA) is 61.5 Å². The monoisotopic (exact) mass is 410 g/mol. The van der Waals surface area contributed by atoms with Gasteiger partial charge in [0.25, 0.3) is 5.91 Å². The standard InChI is InChI=1S/C22H23ClN4O2/c1-15-3-6-17(23)13-21(15)26-9-11-27(12-10-26)22(28)20-14-19(24-25-20)16-4-7-18(29-2)8-5-16/h3-8,13-14H,9-12H2,1-2H3,(H,24,25). The summed E-state index contributed by atoms with van der Waals surface area (Å²) in [6.45, 7) is 4.93. The number of aryl methyl sites for hydroxylation is 1. The first kappa shape index (κ1) is 19.3. The lowest BCUT2D eigenvalue weighted by Crippen LogP contribution is -2.49. The molecule has 0 radical (unpaired) electrons. The third kappa shape index (κ3) is 4.07. The number of anilines is 1. The molecule has 2 heterocycles. The van der Waals surface area contributed by atoms with Crippen molar-refractivity contribution in [2.45, 2.75) is 6.92 Å². The van der Waals surface area contributed by atoms with Crippen LogP contribution in [0.2, 0.25) is 5.02 Å². The zero-order valence-electron chi connectivity index (χ0n) is 16.5. The summed E-state index contributed by atoms with van der Waals surface area (Å²) in [7, 11) is 1.63. The summed E-state index contributed by atoms with van der Waals surface area (Å²) in [6.07, 6.45) is 0. The van der Waals surface area contributed by atoms with Crippen molar-refractivity contribution < 1.29 is 9.53 Å².